The van der Waals surface area contributed by atoms with Gasteiger partial charge in [-0.3, -0.25) is 9.59 Å². The van der Waals surface area contributed by atoms with Crippen LogP contribution in [0.1, 0.15) is 29.4 Å². The van der Waals surface area contributed by atoms with Crippen LogP contribution in [0.4, 0.5) is 0 Å². The van der Waals surface area contributed by atoms with E-state index in [1.165, 1.54) is 16.8 Å². The number of amides is 1. The Hall–Kier alpha value is -1.89. The maximum atomic E-state index is 13.0. The summed E-state index contributed by atoms with van der Waals surface area (Å²) in [6.45, 7) is 4.02. The van der Waals surface area contributed by atoms with Gasteiger partial charge in [0.25, 0.3) is 11.5 Å². The normalized spacial score (nSPS) is 11.0. The highest BCUT2D eigenvalue weighted by molar-refractivity contribution is 6.42. The highest BCUT2D eigenvalue weighted by atomic mass is 35.5. The molecular weight excluding hydrogens is 387 g/mol. The number of halogens is 2. The first-order valence-corrected chi connectivity index (χ1v) is 9.53. The lowest BCUT2D eigenvalue weighted by atomic mass is 10.2. The van der Waals surface area contributed by atoms with Gasteiger partial charge in [0.05, 0.1) is 10.0 Å². The zero-order chi connectivity index (χ0) is 20.0. The number of aryl methyl sites for hydroxylation is 1. The maximum absolute atomic E-state index is 13.0. The van der Waals surface area contributed by atoms with Gasteiger partial charge in [0.15, 0.2) is 0 Å². The number of carbonyl (C=O) groups is 1. The third-order valence-electron chi connectivity index (χ3n) is 4.06. The molecular formula is C19H24Cl2N4O2. The summed E-state index contributed by atoms with van der Waals surface area (Å²) >= 11 is 12.1. The van der Waals surface area contributed by atoms with Crippen molar-refractivity contribution in [2.45, 2.75) is 26.4 Å². The minimum absolute atomic E-state index is 0.220. The molecule has 0 atom stereocenters. The summed E-state index contributed by atoms with van der Waals surface area (Å²) in [6.07, 6.45) is 0.813. The molecule has 0 saturated carbocycles. The topological polar surface area (TPSA) is 58.4 Å². The van der Waals surface area contributed by atoms with Crippen LogP contribution >= 0.6 is 23.2 Å². The molecule has 0 spiro atoms. The van der Waals surface area contributed by atoms with Gasteiger partial charge in [0.2, 0.25) is 0 Å². The van der Waals surface area contributed by atoms with Crippen molar-refractivity contribution in [3.8, 4) is 0 Å². The predicted octanol–water partition coefficient (Wildman–Crippen LogP) is 3.16. The molecule has 0 aliphatic rings. The molecule has 0 unspecified atom stereocenters. The number of aromatic nitrogens is 2. The van der Waals surface area contributed by atoms with Crippen molar-refractivity contribution >= 4 is 29.1 Å². The largest absolute Gasteiger partial charge is 0.333 e. The molecule has 8 heteroatoms. The Balaban J connectivity index is 2.25. The van der Waals surface area contributed by atoms with Crippen LogP contribution < -0.4 is 5.56 Å². The number of carbonyl (C=O) groups excluding carboxylic acids is 1. The molecule has 1 aromatic heterocycles. The SMILES string of the molecule is CCn1nc(C(=O)N(CCCN(C)C)Cc2ccc(Cl)c(Cl)c2)ccc1=O. The molecule has 27 heavy (non-hydrogen) atoms. The summed E-state index contributed by atoms with van der Waals surface area (Å²) in [7, 11) is 3.98. The van der Waals surface area contributed by atoms with E-state index < -0.39 is 0 Å². The lowest BCUT2D eigenvalue weighted by Gasteiger charge is -2.24. The summed E-state index contributed by atoms with van der Waals surface area (Å²) in [5.41, 5.74) is 0.908. The summed E-state index contributed by atoms with van der Waals surface area (Å²) in [6, 6.07) is 8.18. The monoisotopic (exact) mass is 410 g/mol. The van der Waals surface area contributed by atoms with Gasteiger partial charge < -0.3 is 9.80 Å². The average molecular weight is 411 g/mol. The highest BCUT2D eigenvalue weighted by Crippen LogP contribution is 2.23. The summed E-state index contributed by atoms with van der Waals surface area (Å²) in [5.74, 6) is -0.220. The molecule has 0 aliphatic carbocycles. The molecule has 1 aromatic carbocycles. The number of hydrogen-bond acceptors (Lipinski definition) is 4. The highest BCUT2D eigenvalue weighted by Gasteiger charge is 2.19. The molecule has 0 bridgehead atoms. The first-order valence-electron chi connectivity index (χ1n) is 8.78. The van der Waals surface area contributed by atoms with Gasteiger partial charge in [-0.15, -0.1) is 0 Å². The van der Waals surface area contributed by atoms with E-state index in [-0.39, 0.29) is 17.2 Å². The van der Waals surface area contributed by atoms with Crippen LogP contribution in [0.5, 0.6) is 0 Å². The molecule has 0 aliphatic heterocycles. The minimum Gasteiger partial charge on any atom is -0.333 e. The zero-order valence-corrected chi connectivity index (χ0v) is 17.3. The number of nitrogens with zero attached hydrogens (tertiary/aromatic N) is 4. The quantitative estimate of drug-likeness (QED) is 0.670. The summed E-state index contributed by atoms with van der Waals surface area (Å²) < 4.78 is 1.28. The van der Waals surface area contributed by atoms with Crippen LogP contribution in [-0.4, -0.2) is 52.7 Å². The van der Waals surface area contributed by atoms with Crippen LogP contribution in [0.25, 0.3) is 0 Å². The second-order valence-corrected chi connectivity index (χ2v) is 7.32. The smallest absolute Gasteiger partial charge is 0.274 e. The Morgan fingerprint density at radius 1 is 1.11 bits per heavy atom. The minimum atomic E-state index is -0.224. The van der Waals surface area contributed by atoms with Crippen molar-refractivity contribution < 1.29 is 4.79 Å². The molecule has 2 aromatic rings. The Morgan fingerprint density at radius 3 is 2.48 bits per heavy atom. The van der Waals surface area contributed by atoms with E-state index in [0.717, 1.165) is 18.5 Å². The van der Waals surface area contributed by atoms with Crippen LogP contribution in [0.3, 0.4) is 0 Å². The second-order valence-electron chi connectivity index (χ2n) is 6.50. The molecule has 2 rings (SSSR count). The van der Waals surface area contributed by atoms with E-state index in [1.807, 2.05) is 27.1 Å². The summed E-state index contributed by atoms with van der Waals surface area (Å²) in [4.78, 5) is 28.6. The Labute approximate surface area is 169 Å². The van der Waals surface area contributed by atoms with Gasteiger partial charge in [-0.25, -0.2) is 4.68 Å². The lowest BCUT2D eigenvalue weighted by molar-refractivity contribution is 0.0728. The van der Waals surface area contributed by atoms with Crippen LogP contribution in [0.2, 0.25) is 10.0 Å². The van der Waals surface area contributed by atoms with E-state index in [2.05, 4.69) is 10.00 Å². The fourth-order valence-corrected chi connectivity index (χ4v) is 2.96. The Kier molecular flexibility index (Phi) is 7.83. The molecule has 146 valence electrons. The van der Waals surface area contributed by atoms with Gasteiger partial charge in [-0.05, 0) is 57.7 Å². The van der Waals surface area contributed by atoms with E-state index >= 15 is 0 Å². The second kappa shape index (κ2) is 9.88. The number of hydrogen-bond donors (Lipinski definition) is 0. The predicted molar refractivity (Wildman–Crippen MR) is 109 cm³/mol. The average Bonchev–Trinajstić information content (AvgIpc) is 2.63. The molecule has 0 N–H and O–H groups in total. The fourth-order valence-electron chi connectivity index (χ4n) is 2.64. The first-order chi connectivity index (χ1) is 12.8. The van der Waals surface area contributed by atoms with Crippen LogP contribution in [0.15, 0.2) is 35.1 Å². The van der Waals surface area contributed by atoms with Crippen molar-refractivity contribution in [3.05, 3.63) is 62.0 Å². The van der Waals surface area contributed by atoms with E-state index in [4.69, 9.17) is 23.2 Å². The standard InChI is InChI=1S/C19H24Cl2N4O2/c1-4-25-18(26)9-8-17(22-25)19(27)24(11-5-10-23(2)3)13-14-6-7-15(20)16(21)12-14/h6-9,12H,4-5,10-11,13H2,1-3H3. The summed E-state index contributed by atoms with van der Waals surface area (Å²) in [5, 5.41) is 5.11. The molecule has 1 heterocycles. The Bertz CT molecular complexity index is 852. The molecule has 1 amide bonds. The van der Waals surface area contributed by atoms with Crippen molar-refractivity contribution in [1.82, 2.24) is 19.6 Å². The third-order valence-corrected chi connectivity index (χ3v) is 4.80. The van der Waals surface area contributed by atoms with Crippen molar-refractivity contribution in [3.63, 3.8) is 0 Å². The Morgan fingerprint density at radius 2 is 1.85 bits per heavy atom. The molecule has 0 fully saturated rings. The number of rotatable bonds is 8. The van der Waals surface area contributed by atoms with E-state index in [9.17, 15) is 9.59 Å². The van der Waals surface area contributed by atoms with Crippen LogP contribution in [0, 0.1) is 0 Å². The molecule has 6 nitrogen and oxygen atoms in total. The van der Waals surface area contributed by atoms with E-state index in [0.29, 0.717) is 29.7 Å². The fraction of sp³-hybridized carbons (Fsp3) is 0.421. The maximum Gasteiger partial charge on any atom is 0.274 e. The lowest BCUT2D eigenvalue weighted by Crippen LogP contribution is -2.35. The van der Waals surface area contributed by atoms with Gasteiger partial charge in [0, 0.05) is 25.7 Å². The molecule has 0 saturated heterocycles. The van der Waals surface area contributed by atoms with Crippen molar-refractivity contribution in [2.24, 2.45) is 0 Å². The van der Waals surface area contributed by atoms with Gasteiger partial charge >= 0.3 is 0 Å². The third kappa shape index (κ3) is 6.06. The van der Waals surface area contributed by atoms with E-state index in [1.54, 1.807) is 17.0 Å². The van der Waals surface area contributed by atoms with Crippen molar-refractivity contribution in [2.75, 3.05) is 27.2 Å². The first kappa shape index (κ1) is 21.4. The number of benzene rings is 1. The van der Waals surface area contributed by atoms with Crippen LogP contribution in [-0.2, 0) is 13.1 Å². The van der Waals surface area contributed by atoms with Gasteiger partial charge in [-0.1, -0.05) is 29.3 Å². The van der Waals surface area contributed by atoms with Gasteiger partial charge in [-0.2, -0.15) is 5.10 Å². The zero-order valence-electron chi connectivity index (χ0n) is 15.8. The van der Waals surface area contributed by atoms with Crippen molar-refractivity contribution in [1.29, 1.82) is 0 Å². The van der Waals surface area contributed by atoms with Gasteiger partial charge in [0.1, 0.15) is 5.69 Å². The molecule has 0 radical (unpaired) electrons.